The molecule has 1 atom stereocenters. The van der Waals surface area contributed by atoms with Gasteiger partial charge >= 0.3 is 5.97 Å². The van der Waals surface area contributed by atoms with Crippen LogP contribution in [0.1, 0.15) is 5.56 Å². The first-order valence-corrected chi connectivity index (χ1v) is 6.63. The molecule has 6 heteroatoms. The van der Waals surface area contributed by atoms with Crippen LogP contribution in [-0.2, 0) is 20.9 Å². The normalized spacial score (nSPS) is 18.6. The second kappa shape index (κ2) is 7.02. The summed E-state index contributed by atoms with van der Waals surface area (Å²) in [6, 6.07) is 8.84. The fourth-order valence-corrected chi connectivity index (χ4v) is 2.16. The number of benzene rings is 1. The number of ether oxygens (including phenoxy) is 1. The molecular weight excluding hydrogens is 258 g/mol. The summed E-state index contributed by atoms with van der Waals surface area (Å²) in [5, 5.41) is 3.09. The molecule has 1 unspecified atom stereocenters. The maximum Gasteiger partial charge on any atom is 0.330 e. The molecule has 0 spiro atoms. The average Bonchev–Trinajstić information content (AvgIpc) is 2.52. The first-order chi connectivity index (χ1) is 9.72. The molecule has 2 rings (SSSR count). The summed E-state index contributed by atoms with van der Waals surface area (Å²) in [4.78, 5) is 25.3. The summed E-state index contributed by atoms with van der Waals surface area (Å²) in [5.74, 6) is -0.629. The number of hydrogen-bond acceptors (Lipinski definition) is 5. The first-order valence-electron chi connectivity index (χ1n) is 6.63. The van der Waals surface area contributed by atoms with Crippen LogP contribution in [0, 0.1) is 0 Å². The number of amides is 1. The Labute approximate surface area is 117 Å². The lowest BCUT2D eigenvalue weighted by atomic mass is 10.2. The van der Waals surface area contributed by atoms with Crippen LogP contribution >= 0.6 is 0 Å². The second-order valence-electron chi connectivity index (χ2n) is 4.60. The first kappa shape index (κ1) is 14.5. The maximum atomic E-state index is 12.1. The van der Waals surface area contributed by atoms with Gasteiger partial charge in [-0.1, -0.05) is 30.3 Å². The molecule has 1 aromatic rings. The molecule has 1 amide bonds. The molecule has 1 fully saturated rings. The largest absolute Gasteiger partial charge is 0.459 e. The molecule has 0 saturated carbocycles. The van der Waals surface area contributed by atoms with E-state index in [9.17, 15) is 9.59 Å². The van der Waals surface area contributed by atoms with Gasteiger partial charge in [-0.3, -0.25) is 4.79 Å². The summed E-state index contributed by atoms with van der Waals surface area (Å²) in [5.41, 5.74) is 6.28. The van der Waals surface area contributed by atoms with Crippen LogP contribution in [-0.4, -0.2) is 49.0 Å². The SMILES string of the molecule is NCC(=O)N1CCNCC1C(=O)OCc1ccccc1. The van der Waals surface area contributed by atoms with Gasteiger partial charge in [-0.2, -0.15) is 0 Å². The fraction of sp³-hybridized carbons (Fsp3) is 0.429. The van der Waals surface area contributed by atoms with E-state index < -0.39 is 12.0 Å². The number of carbonyl (C=O) groups excluding carboxylic acids is 2. The van der Waals surface area contributed by atoms with E-state index in [0.29, 0.717) is 19.6 Å². The van der Waals surface area contributed by atoms with Crippen LogP contribution in [0.5, 0.6) is 0 Å². The van der Waals surface area contributed by atoms with Gasteiger partial charge in [0.2, 0.25) is 5.91 Å². The fourth-order valence-electron chi connectivity index (χ4n) is 2.16. The van der Waals surface area contributed by atoms with Gasteiger partial charge in [0.25, 0.3) is 0 Å². The molecular formula is C14H19N3O3. The number of carbonyl (C=O) groups is 2. The van der Waals surface area contributed by atoms with Gasteiger partial charge in [0, 0.05) is 19.6 Å². The molecule has 1 aliphatic rings. The van der Waals surface area contributed by atoms with Crippen LogP contribution < -0.4 is 11.1 Å². The summed E-state index contributed by atoms with van der Waals surface area (Å²) < 4.78 is 5.28. The van der Waals surface area contributed by atoms with Gasteiger partial charge in [-0.15, -0.1) is 0 Å². The summed E-state index contributed by atoms with van der Waals surface area (Å²) >= 11 is 0. The van der Waals surface area contributed by atoms with Gasteiger partial charge in [-0.05, 0) is 5.56 Å². The number of nitrogens with two attached hydrogens (primary N) is 1. The zero-order valence-electron chi connectivity index (χ0n) is 11.2. The molecule has 1 aromatic carbocycles. The van der Waals surface area contributed by atoms with Crippen molar-refractivity contribution < 1.29 is 14.3 Å². The Balaban J connectivity index is 1.94. The number of nitrogens with one attached hydrogen (secondary N) is 1. The molecule has 0 bridgehead atoms. The lowest BCUT2D eigenvalue weighted by Crippen LogP contribution is -2.58. The van der Waals surface area contributed by atoms with Crippen molar-refractivity contribution in [2.24, 2.45) is 5.73 Å². The lowest BCUT2D eigenvalue weighted by molar-refractivity contribution is -0.156. The Hall–Kier alpha value is -1.92. The van der Waals surface area contributed by atoms with E-state index in [-0.39, 0.29) is 19.1 Å². The minimum atomic E-state index is -0.594. The molecule has 0 aromatic heterocycles. The standard InChI is InChI=1S/C14H19N3O3/c15-8-13(18)17-7-6-16-9-12(17)14(19)20-10-11-4-2-1-3-5-11/h1-5,12,16H,6-10,15H2. The van der Waals surface area contributed by atoms with Gasteiger partial charge in [0.05, 0.1) is 6.54 Å². The third kappa shape index (κ3) is 3.55. The Morgan fingerprint density at radius 1 is 1.35 bits per heavy atom. The van der Waals surface area contributed by atoms with Crippen LogP contribution in [0.4, 0.5) is 0 Å². The minimum absolute atomic E-state index is 0.0948. The number of rotatable bonds is 4. The van der Waals surface area contributed by atoms with Crippen molar-refractivity contribution in [3.8, 4) is 0 Å². The Kier molecular flexibility index (Phi) is 5.09. The van der Waals surface area contributed by atoms with E-state index in [1.54, 1.807) is 0 Å². The molecule has 1 heterocycles. The molecule has 0 radical (unpaired) electrons. The van der Waals surface area contributed by atoms with Gasteiger partial charge in [-0.25, -0.2) is 4.79 Å². The van der Waals surface area contributed by atoms with Crippen molar-refractivity contribution >= 4 is 11.9 Å². The molecule has 1 aliphatic heterocycles. The molecule has 108 valence electrons. The number of piperazine rings is 1. The smallest absolute Gasteiger partial charge is 0.330 e. The molecule has 6 nitrogen and oxygen atoms in total. The quantitative estimate of drug-likeness (QED) is 0.724. The van der Waals surface area contributed by atoms with Gasteiger partial charge in [0.15, 0.2) is 0 Å². The highest BCUT2D eigenvalue weighted by atomic mass is 16.5. The highest BCUT2D eigenvalue weighted by molar-refractivity contribution is 5.86. The number of hydrogen-bond donors (Lipinski definition) is 2. The third-order valence-corrected chi connectivity index (χ3v) is 3.23. The van der Waals surface area contributed by atoms with E-state index in [4.69, 9.17) is 10.5 Å². The molecule has 20 heavy (non-hydrogen) atoms. The molecule has 0 aliphatic carbocycles. The lowest BCUT2D eigenvalue weighted by Gasteiger charge is -2.34. The zero-order valence-corrected chi connectivity index (χ0v) is 11.2. The number of nitrogens with zero attached hydrogens (tertiary/aromatic N) is 1. The van der Waals surface area contributed by atoms with E-state index in [1.165, 1.54) is 4.90 Å². The highest BCUT2D eigenvalue weighted by Crippen LogP contribution is 2.08. The van der Waals surface area contributed by atoms with Crippen LogP contribution in [0.3, 0.4) is 0 Å². The summed E-state index contributed by atoms with van der Waals surface area (Å²) in [7, 11) is 0. The second-order valence-corrected chi connectivity index (χ2v) is 4.60. The summed E-state index contributed by atoms with van der Waals surface area (Å²) in [6.45, 7) is 1.65. The van der Waals surface area contributed by atoms with E-state index in [0.717, 1.165) is 5.56 Å². The van der Waals surface area contributed by atoms with Crippen molar-refractivity contribution in [3.63, 3.8) is 0 Å². The Morgan fingerprint density at radius 2 is 2.10 bits per heavy atom. The minimum Gasteiger partial charge on any atom is -0.459 e. The van der Waals surface area contributed by atoms with Crippen molar-refractivity contribution in [3.05, 3.63) is 35.9 Å². The Morgan fingerprint density at radius 3 is 2.80 bits per heavy atom. The van der Waals surface area contributed by atoms with Gasteiger partial charge in [0.1, 0.15) is 12.6 Å². The molecule has 1 saturated heterocycles. The monoisotopic (exact) mass is 277 g/mol. The van der Waals surface area contributed by atoms with E-state index in [2.05, 4.69) is 5.32 Å². The van der Waals surface area contributed by atoms with Crippen molar-refractivity contribution in [1.29, 1.82) is 0 Å². The van der Waals surface area contributed by atoms with E-state index in [1.807, 2.05) is 30.3 Å². The molecule has 3 N–H and O–H groups in total. The summed E-state index contributed by atoms with van der Waals surface area (Å²) in [6.07, 6.45) is 0. The predicted molar refractivity (Wildman–Crippen MR) is 73.7 cm³/mol. The van der Waals surface area contributed by atoms with E-state index >= 15 is 0 Å². The maximum absolute atomic E-state index is 12.1. The predicted octanol–water partition coefficient (Wildman–Crippen LogP) is -0.511. The topological polar surface area (TPSA) is 84.7 Å². The average molecular weight is 277 g/mol. The Bertz CT molecular complexity index is 464. The van der Waals surface area contributed by atoms with Crippen LogP contribution in [0.15, 0.2) is 30.3 Å². The van der Waals surface area contributed by atoms with Crippen molar-refractivity contribution in [2.75, 3.05) is 26.2 Å². The van der Waals surface area contributed by atoms with Crippen molar-refractivity contribution in [2.45, 2.75) is 12.6 Å². The highest BCUT2D eigenvalue weighted by Gasteiger charge is 2.32. The van der Waals surface area contributed by atoms with Gasteiger partial charge < -0.3 is 20.7 Å². The third-order valence-electron chi connectivity index (χ3n) is 3.23. The van der Waals surface area contributed by atoms with Crippen LogP contribution in [0.2, 0.25) is 0 Å². The van der Waals surface area contributed by atoms with Crippen LogP contribution in [0.25, 0.3) is 0 Å². The number of esters is 1. The van der Waals surface area contributed by atoms with Crippen molar-refractivity contribution in [1.82, 2.24) is 10.2 Å². The zero-order chi connectivity index (χ0) is 14.4.